The quantitative estimate of drug-likeness (QED) is 0.769. The number of nitrogens with zero attached hydrogens (tertiary/aromatic N) is 2. The van der Waals surface area contributed by atoms with Crippen LogP contribution in [0.5, 0.6) is 5.75 Å². The SMILES string of the molecule is COc1ccc(C(=O)N2CCCC(CN3C(=N)NC(C)(CC(C)C)C3=O)C2)cc1. The molecule has 2 heterocycles. The van der Waals surface area contributed by atoms with Gasteiger partial charge in [-0.15, -0.1) is 0 Å². The number of carbonyl (C=O) groups excluding carboxylic acids is 2. The number of hydrogen-bond acceptors (Lipinski definition) is 4. The molecule has 2 aliphatic rings. The first kappa shape index (κ1) is 21.1. The normalized spacial score (nSPS) is 24.8. The molecule has 0 bridgehead atoms. The lowest BCUT2D eigenvalue weighted by atomic mass is 9.90. The van der Waals surface area contributed by atoms with E-state index in [1.54, 1.807) is 36.3 Å². The van der Waals surface area contributed by atoms with Gasteiger partial charge in [0.15, 0.2) is 5.96 Å². The highest BCUT2D eigenvalue weighted by atomic mass is 16.5. The summed E-state index contributed by atoms with van der Waals surface area (Å²) in [6.45, 7) is 7.83. The third kappa shape index (κ3) is 4.54. The molecule has 1 aromatic carbocycles. The fourth-order valence-electron chi connectivity index (χ4n) is 4.48. The van der Waals surface area contributed by atoms with Gasteiger partial charge in [0.05, 0.1) is 7.11 Å². The minimum absolute atomic E-state index is 0.00273. The predicted octanol–water partition coefficient (Wildman–Crippen LogP) is 2.72. The summed E-state index contributed by atoms with van der Waals surface area (Å²) in [6, 6.07) is 7.15. The first-order valence-electron chi connectivity index (χ1n) is 10.4. The summed E-state index contributed by atoms with van der Waals surface area (Å²) in [7, 11) is 1.60. The number of benzene rings is 1. The summed E-state index contributed by atoms with van der Waals surface area (Å²) in [4.78, 5) is 29.3. The number of rotatable bonds is 6. The van der Waals surface area contributed by atoms with Crippen LogP contribution in [0.3, 0.4) is 0 Å². The molecule has 2 aliphatic heterocycles. The Bertz CT molecular complexity index is 777. The largest absolute Gasteiger partial charge is 0.497 e. The van der Waals surface area contributed by atoms with E-state index in [-0.39, 0.29) is 23.7 Å². The van der Waals surface area contributed by atoms with Crippen molar-refractivity contribution < 1.29 is 14.3 Å². The van der Waals surface area contributed by atoms with E-state index in [1.807, 2.05) is 11.8 Å². The Kier molecular flexibility index (Phi) is 6.15. The number of methoxy groups -OCH3 is 1. The van der Waals surface area contributed by atoms with Crippen LogP contribution < -0.4 is 10.1 Å². The van der Waals surface area contributed by atoms with Crippen LogP contribution in [-0.4, -0.2) is 59.9 Å². The molecule has 0 saturated carbocycles. The van der Waals surface area contributed by atoms with Crippen LogP contribution >= 0.6 is 0 Å². The van der Waals surface area contributed by atoms with Gasteiger partial charge in [-0.05, 0) is 62.3 Å². The lowest BCUT2D eigenvalue weighted by molar-refractivity contribution is -0.131. The minimum atomic E-state index is -0.710. The molecule has 0 aromatic heterocycles. The fraction of sp³-hybridized carbons (Fsp3) is 0.591. The monoisotopic (exact) mass is 400 g/mol. The van der Waals surface area contributed by atoms with E-state index in [0.717, 1.165) is 25.1 Å². The number of hydrogen-bond donors (Lipinski definition) is 2. The fourth-order valence-corrected chi connectivity index (χ4v) is 4.48. The van der Waals surface area contributed by atoms with E-state index in [1.165, 1.54) is 0 Å². The summed E-state index contributed by atoms with van der Waals surface area (Å²) >= 11 is 0. The molecule has 0 aliphatic carbocycles. The number of piperidine rings is 1. The number of likely N-dealkylation sites (tertiary alicyclic amines) is 1. The summed E-state index contributed by atoms with van der Waals surface area (Å²) in [6.07, 6.45) is 2.54. The number of nitrogens with one attached hydrogen (secondary N) is 2. The number of amides is 2. The van der Waals surface area contributed by atoms with E-state index in [9.17, 15) is 9.59 Å². The molecule has 3 rings (SSSR count). The van der Waals surface area contributed by atoms with Crippen molar-refractivity contribution in [3.8, 4) is 5.75 Å². The van der Waals surface area contributed by atoms with Gasteiger partial charge < -0.3 is 15.0 Å². The maximum absolute atomic E-state index is 13.0. The van der Waals surface area contributed by atoms with E-state index in [2.05, 4.69) is 19.2 Å². The zero-order valence-electron chi connectivity index (χ0n) is 17.8. The number of ether oxygens (including phenoxy) is 1. The highest BCUT2D eigenvalue weighted by molar-refractivity contribution is 6.07. The van der Waals surface area contributed by atoms with Gasteiger partial charge in [-0.3, -0.25) is 19.9 Å². The van der Waals surface area contributed by atoms with Crippen molar-refractivity contribution in [3.05, 3.63) is 29.8 Å². The molecule has 2 N–H and O–H groups in total. The lowest BCUT2D eigenvalue weighted by Gasteiger charge is -2.34. The molecule has 2 atom stereocenters. The molecule has 2 fully saturated rings. The van der Waals surface area contributed by atoms with Crippen molar-refractivity contribution in [2.75, 3.05) is 26.7 Å². The summed E-state index contributed by atoms with van der Waals surface area (Å²) < 4.78 is 5.16. The molecule has 7 nitrogen and oxygen atoms in total. The lowest BCUT2D eigenvalue weighted by Crippen LogP contribution is -2.47. The molecule has 158 valence electrons. The Morgan fingerprint density at radius 2 is 2.03 bits per heavy atom. The Hall–Kier alpha value is -2.57. The number of guanidine groups is 1. The molecule has 0 radical (unpaired) electrons. The van der Waals surface area contributed by atoms with E-state index >= 15 is 0 Å². The maximum Gasteiger partial charge on any atom is 0.254 e. The van der Waals surface area contributed by atoms with E-state index in [0.29, 0.717) is 31.0 Å². The smallest absolute Gasteiger partial charge is 0.254 e. The molecule has 0 spiro atoms. The van der Waals surface area contributed by atoms with Gasteiger partial charge in [-0.25, -0.2) is 0 Å². The van der Waals surface area contributed by atoms with Gasteiger partial charge in [-0.2, -0.15) is 0 Å². The van der Waals surface area contributed by atoms with Gasteiger partial charge in [-0.1, -0.05) is 13.8 Å². The van der Waals surface area contributed by atoms with Crippen LogP contribution in [0, 0.1) is 17.2 Å². The van der Waals surface area contributed by atoms with Gasteiger partial charge in [0.25, 0.3) is 11.8 Å². The van der Waals surface area contributed by atoms with Crippen molar-refractivity contribution in [1.82, 2.24) is 15.1 Å². The van der Waals surface area contributed by atoms with Gasteiger partial charge >= 0.3 is 0 Å². The van der Waals surface area contributed by atoms with E-state index < -0.39 is 5.54 Å². The molecule has 1 aromatic rings. The average Bonchev–Trinajstić information content (AvgIpc) is 2.90. The second kappa shape index (κ2) is 8.43. The van der Waals surface area contributed by atoms with Crippen molar-refractivity contribution in [3.63, 3.8) is 0 Å². The van der Waals surface area contributed by atoms with E-state index in [4.69, 9.17) is 10.1 Å². The zero-order chi connectivity index (χ0) is 21.2. The van der Waals surface area contributed by atoms with Gasteiger partial charge in [0, 0.05) is 25.2 Å². The average molecular weight is 401 g/mol. The van der Waals surface area contributed by atoms with Crippen molar-refractivity contribution in [2.45, 2.75) is 45.6 Å². The van der Waals surface area contributed by atoms with Crippen molar-refractivity contribution >= 4 is 17.8 Å². The topological polar surface area (TPSA) is 85.7 Å². The summed E-state index contributed by atoms with van der Waals surface area (Å²) in [5.74, 6) is 1.39. The highest BCUT2D eigenvalue weighted by Crippen LogP contribution is 2.27. The first-order valence-corrected chi connectivity index (χ1v) is 10.4. The molecular weight excluding hydrogens is 368 g/mol. The first-order chi connectivity index (χ1) is 13.7. The summed E-state index contributed by atoms with van der Waals surface area (Å²) in [5, 5.41) is 11.4. The standard InChI is InChI=1S/C22H32N4O3/c1-15(2)12-22(3)20(28)26(21(23)24-22)14-16-6-5-11-25(13-16)19(27)17-7-9-18(29-4)10-8-17/h7-10,15-16H,5-6,11-14H2,1-4H3,(H2,23,24). The van der Waals surface area contributed by atoms with Crippen LogP contribution in [0.25, 0.3) is 0 Å². The van der Waals surface area contributed by atoms with Crippen LogP contribution in [0.2, 0.25) is 0 Å². The predicted molar refractivity (Wildman–Crippen MR) is 112 cm³/mol. The van der Waals surface area contributed by atoms with Crippen molar-refractivity contribution in [2.24, 2.45) is 11.8 Å². The third-order valence-corrected chi connectivity index (χ3v) is 5.78. The molecule has 2 saturated heterocycles. The Morgan fingerprint density at radius 1 is 1.34 bits per heavy atom. The molecule has 2 unspecified atom stereocenters. The minimum Gasteiger partial charge on any atom is -0.497 e. The highest BCUT2D eigenvalue weighted by Gasteiger charge is 2.46. The summed E-state index contributed by atoms with van der Waals surface area (Å²) in [5.41, 5.74) is -0.0685. The van der Waals surface area contributed by atoms with Crippen LogP contribution in [0.15, 0.2) is 24.3 Å². The van der Waals surface area contributed by atoms with Crippen molar-refractivity contribution in [1.29, 1.82) is 5.41 Å². The van der Waals surface area contributed by atoms with Crippen LogP contribution in [0.4, 0.5) is 0 Å². The Balaban J connectivity index is 1.64. The van der Waals surface area contributed by atoms with Gasteiger partial charge in [0.2, 0.25) is 0 Å². The second-order valence-electron chi connectivity index (χ2n) is 8.81. The molecule has 29 heavy (non-hydrogen) atoms. The Labute approximate surface area is 172 Å². The molecule has 2 amide bonds. The molecular formula is C22H32N4O3. The zero-order valence-corrected chi connectivity index (χ0v) is 17.8. The van der Waals surface area contributed by atoms with Crippen LogP contribution in [0.1, 0.15) is 50.4 Å². The maximum atomic E-state index is 13.0. The Morgan fingerprint density at radius 3 is 2.66 bits per heavy atom. The molecule has 7 heteroatoms. The van der Waals surface area contributed by atoms with Crippen LogP contribution in [-0.2, 0) is 4.79 Å². The second-order valence-corrected chi connectivity index (χ2v) is 8.81. The van der Waals surface area contributed by atoms with Gasteiger partial charge in [0.1, 0.15) is 11.3 Å². The number of carbonyl (C=O) groups is 2. The third-order valence-electron chi connectivity index (χ3n) is 5.78.